The van der Waals surface area contributed by atoms with Crippen LogP contribution in [-0.4, -0.2) is 34.9 Å². The molecule has 3 heterocycles. The predicted octanol–water partition coefficient (Wildman–Crippen LogP) is 3.36. The molecule has 0 saturated carbocycles. The van der Waals surface area contributed by atoms with Gasteiger partial charge < -0.3 is 10.2 Å². The number of pyridine rings is 1. The van der Waals surface area contributed by atoms with Crippen molar-refractivity contribution in [3.63, 3.8) is 0 Å². The molecule has 1 amide bonds. The Morgan fingerprint density at radius 2 is 2.08 bits per heavy atom. The summed E-state index contributed by atoms with van der Waals surface area (Å²) in [5.74, 6) is 0.899. The average molecular weight is 329 g/mol. The van der Waals surface area contributed by atoms with Crippen molar-refractivity contribution < 1.29 is 4.79 Å². The maximum atomic E-state index is 12.3. The van der Waals surface area contributed by atoms with Gasteiger partial charge in [0.1, 0.15) is 0 Å². The van der Waals surface area contributed by atoms with Gasteiger partial charge in [0.05, 0.1) is 0 Å². The maximum Gasteiger partial charge on any atom is 0.220 e. The van der Waals surface area contributed by atoms with Crippen LogP contribution in [0.15, 0.2) is 12.3 Å². The van der Waals surface area contributed by atoms with Crippen molar-refractivity contribution in [2.75, 3.05) is 13.1 Å². The number of nitrogens with zero attached hydrogens (tertiary/aromatic N) is 2. The lowest BCUT2D eigenvalue weighted by Crippen LogP contribution is -2.48. The van der Waals surface area contributed by atoms with E-state index in [2.05, 4.69) is 28.2 Å². The molecule has 1 N–H and O–H groups in total. The van der Waals surface area contributed by atoms with Gasteiger partial charge in [-0.05, 0) is 82.2 Å². The summed E-state index contributed by atoms with van der Waals surface area (Å²) in [5, 5.41) is 3.08. The van der Waals surface area contributed by atoms with E-state index in [9.17, 15) is 4.79 Å². The molecule has 24 heavy (non-hydrogen) atoms. The molecule has 0 aromatic carbocycles. The Labute approximate surface area is 146 Å². The molecule has 0 spiro atoms. The fourth-order valence-corrected chi connectivity index (χ4v) is 4.42. The number of hydrogen-bond acceptors (Lipinski definition) is 3. The molecule has 4 nitrogen and oxygen atoms in total. The second kappa shape index (κ2) is 8.11. The topological polar surface area (TPSA) is 45.2 Å². The van der Waals surface area contributed by atoms with Crippen LogP contribution in [-0.2, 0) is 11.3 Å². The lowest BCUT2D eigenvalue weighted by atomic mass is 9.81. The summed E-state index contributed by atoms with van der Waals surface area (Å²) in [7, 11) is 0. The van der Waals surface area contributed by atoms with Gasteiger partial charge >= 0.3 is 0 Å². The highest BCUT2D eigenvalue weighted by Crippen LogP contribution is 2.33. The van der Waals surface area contributed by atoms with Crippen LogP contribution in [0.2, 0.25) is 0 Å². The fourth-order valence-electron chi connectivity index (χ4n) is 4.42. The molecule has 2 aliphatic rings. The van der Waals surface area contributed by atoms with Gasteiger partial charge in [0.25, 0.3) is 0 Å². The highest BCUT2D eigenvalue weighted by Gasteiger charge is 2.32. The third-order valence-electron chi connectivity index (χ3n) is 5.80. The molecular formula is C20H31N3O. The number of aromatic nitrogens is 1. The number of rotatable bonds is 5. The minimum absolute atomic E-state index is 0.183. The number of piperidine rings is 2. The van der Waals surface area contributed by atoms with Crippen molar-refractivity contribution in [2.24, 2.45) is 5.92 Å². The molecule has 2 atom stereocenters. The van der Waals surface area contributed by atoms with Gasteiger partial charge in [-0.2, -0.15) is 0 Å². The zero-order chi connectivity index (χ0) is 16.9. The van der Waals surface area contributed by atoms with Crippen LogP contribution < -0.4 is 5.32 Å². The molecule has 0 unspecified atom stereocenters. The Bertz CT molecular complexity index is 570. The van der Waals surface area contributed by atoms with E-state index in [1.165, 1.54) is 50.8 Å². The van der Waals surface area contributed by atoms with Crippen LogP contribution in [0, 0.1) is 19.8 Å². The first-order valence-electron chi connectivity index (χ1n) is 9.56. The maximum absolute atomic E-state index is 12.3. The first kappa shape index (κ1) is 17.4. The smallest absolute Gasteiger partial charge is 0.220 e. The van der Waals surface area contributed by atoms with Gasteiger partial charge in [0, 0.05) is 30.9 Å². The minimum atomic E-state index is 0.183. The molecule has 1 aromatic heterocycles. The van der Waals surface area contributed by atoms with Crippen LogP contribution in [0.4, 0.5) is 0 Å². The van der Waals surface area contributed by atoms with Gasteiger partial charge in [0.15, 0.2) is 0 Å². The van der Waals surface area contributed by atoms with Crippen molar-refractivity contribution in [3.8, 4) is 0 Å². The van der Waals surface area contributed by atoms with E-state index in [0.29, 0.717) is 18.9 Å². The number of aryl methyl sites for hydroxylation is 2. The monoisotopic (exact) mass is 329 g/mol. The standard InChI is InChI=1S/C20H31N3O/c1-15-12-16(2)21-13-18(15)14-22-20(24)9-8-17-6-5-11-23-10-4-3-7-19(17)23/h12-13,17,19H,3-11,14H2,1-2H3,(H,22,24)/t17-,19+/m0/s1. The summed E-state index contributed by atoms with van der Waals surface area (Å²) >= 11 is 0. The largest absolute Gasteiger partial charge is 0.352 e. The molecule has 2 fully saturated rings. The number of carbonyl (C=O) groups is 1. The first-order valence-corrected chi connectivity index (χ1v) is 9.56. The van der Waals surface area contributed by atoms with Crippen molar-refractivity contribution in [1.82, 2.24) is 15.2 Å². The second-order valence-electron chi connectivity index (χ2n) is 7.57. The van der Waals surface area contributed by atoms with E-state index in [1.54, 1.807) is 0 Å². The SMILES string of the molecule is Cc1cc(C)c(CNC(=O)CC[C@@H]2CCCN3CCCC[C@H]23)cn1. The molecule has 0 aliphatic carbocycles. The van der Waals surface area contributed by atoms with E-state index in [1.807, 2.05) is 13.1 Å². The quantitative estimate of drug-likeness (QED) is 0.901. The highest BCUT2D eigenvalue weighted by atomic mass is 16.1. The summed E-state index contributed by atoms with van der Waals surface area (Å²) in [6.07, 6.45) is 10.2. The summed E-state index contributed by atoms with van der Waals surface area (Å²) in [6.45, 7) is 7.21. The normalized spacial score (nSPS) is 24.4. The summed E-state index contributed by atoms with van der Waals surface area (Å²) in [6, 6.07) is 2.81. The first-order chi connectivity index (χ1) is 11.6. The molecule has 1 aromatic rings. The predicted molar refractivity (Wildman–Crippen MR) is 96.7 cm³/mol. The van der Waals surface area contributed by atoms with E-state index in [-0.39, 0.29) is 5.91 Å². The molecule has 4 heteroatoms. The highest BCUT2D eigenvalue weighted by molar-refractivity contribution is 5.75. The van der Waals surface area contributed by atoms with Gasteiger partial charge in [-0.3, -0.25) is 9.78 Å². The number of nitrogens with one attached hydrogen (secondary N) is 1. The zero-order valence-corrected chi connectivity index (χ0v) is 15.2. The Kier molecular flexibility index (Phi) is 5.88. The van der Waals surface area contributed by atoms with Crippen molar-refractivity contribution in [1.29, 1.82) is 0 Å². The lowest BCUT2D eigenvalue weighted by molar-refractivity contribution is -0.121. The van der Waals surface area contributed by atoms with Gasteiger partial charge in [-0.1, -0.05) is 6.42 Å². The van der Waals surface area contributed by atoms with E-state index < -0.39 is 0 Å². The van der Waals surface area contributed by atoms with Crippen molar-refractivity contribution >= 4 is 5.91 Å². The third kappa shape index (κ3) is 4.35. The van der Waals surface area contributed by atoms with E-state index in [0.717, 1.165) is 23.7 Å². The van der Waals surface area contributed by atoms with Crippen molar-refractivity contribution in [3.05, 3.63) is 29.1 Å². The Hall–Kier alpha value is -1.42. The fraction of sp³-hybridized carbons (Fsp3) is 0.700. The molecule has 132 valence electrons. The van der Waals surface area contributed by atoms with E-state index in [4.69, 9.17) is 0 Å². The van der Waals surface area contributed by atoms with Crippen LogP contribution >= 0.6 is 0 Å². The molecule has 3 rings (SSSR count). The number of amides is 1. The third-order valence-corrected chi connectivity index (χ3v) is 5.80. The van der Waals surface area contributed by atoms with Crippen LogP contribution in [0.25, 0.3) is 0 Å². The molecule has 0 bridgehead atoms. The molecule has 2 aliphatic heterocycles. The average Bonchev–Trinajstić information content (AvgIpc) is 2.59. The summed E-state index contributed by atoms with van der Waals surface area (Å²) in [5.41, 5.74) is 3.34. The molecule has 0 radical (unpaired) electrons. The Morgan fingerprint density at radius 3 is 2.92 bits per heavy atom. The van der Waals surface area contributed by atoms with E-state index >= 15 is 0 Å². The van der Waals surface area contributed by atoms with Gasteiger partial charge in [-0.15, -0.1) is 0 Å². The minimum Gasteiger partial charge on any atom is -0.352 e. The zero-order valence-electron chi connectivity index (χ0n) is 15.2. The molecule has 2 saturated heterocycles. The number of fused-ring (bicyclic) bond motifs is 1. The number of hydrogen-bond donors (Lipinski definition) is 1. The van der Waals surface area contributed by atoms with Gasteiger partial charge in [0.2, 0.25) is 5.91 Å². The Balaban J connectivity index is 1.45. The summed E-state index contributed by atoms with van der Waals surface area (Å²) < 4.78 is 0. The van der Waals surface area contributed by atoms with Crippen molar-refractivity contribution in [2.45, 2.75) is 71.4 Å². The van der Waals surface area contributed by atoms with Gasteiger partial charge in [-0.25, -0.2) is 0 Å². The number of carbonyl (C=O) groups excluding carboxylic acids is 1. The Morgan fingerprint density at radius 1 is 1.25 bits per heavy atom. The van der Waals surface area contributed by atoms with Crippen LogP contribution in [0.1, 0.15) is 61.8 Å². The second-order valence-corrected chi connectivity index (χ2v) is 7.57. The van der Waals surface area contributed by atoms with Crippen LogP contribution in [0.5, 0.6) is 0 Å². The van der Waals surface area contributed by atoms with Crippen LogP contribution in [0.3, 0.4) is 0 Å². The lowest BCUT2D eigenvalue weighted by Gasteiger charge is -2.44. The molecular weight excluding hydrogens is 298 g/mol. The summed E-state index contributed by atoms with van der Waals surface area (Å²) in [4.78, 5) is 19.3.